The number of hydrogen-bond acceptors (Lipinski definition) is 5. The highest BCUT2D eigenvalue weighted by molar-refractivity contribution is 6.29. The fourth-order valence-corrected chi connectivity index (χ4v) is 2.87. The van der Waals surface area contributed by atoms with Gasteiger partial charge < -0.3 is 9.64 Å². The third-order valence-electron chi connectivity index (χ3n) is 3.64. The average Bonchev–Trinajstić information content (AvgIpc) is 2.42. The number of piperazine rings is 1. The Kier molecular flexibility index (Phi) is 3.56. The molecule has 0 N–H and O–H groups in total. The average molecular weight is 287 g/mol. The van der Waals surface area contributed by atoms with Gasteiger partial charge in [-0.2, -0.15) is 4.39 Å². The van der Waals surface area contributed by atoms with Crippen molar-refractivity contribution in [2.24, 2.45) is 0 Å². The van der Waals surface area contributed by atoms with Gasteiger partial charge in [0.2, 0.25) is 5.82 Å². The van der Waals surface area contributed by atoms with Crippen molar-refractivity contribution < 1.29 is 9.13 Å². The van der Waals surface area contributed by atoms with E-state index in [2.05, 4.69) is 14.9 Å². The van der Waals surface area contributed by atoms with E-state index in [1.807, 2.05) is 4.90 Å². The lowest BCUT2D eigenvalue weighted by Crippen LogP contribution is -2.58. The lowest BCUT2D eigenvalue weighted by molar-refractivity contribution is -0.0118. The SMILES string of the molecule is Cc1nc(Cl)c(F)c(N2CCN3CCOC[C@@H]3C2)n1. The monoisotopic (exact) mass is 286 g/mol. The zero-order valence-electron chi connectivity index (χ0n) is 10.8. The number of morpholine rings is 1. The molecule has 0 amide bonds. The molecule has 0 saturated carbocycles. The van der Waals surface area contributed by atoms with Crippen LogP contribution in [0.1, 0.15) is 5.82 Å². The topological polar surface area (TPSA) is 41.5 Å². The van der Waals surface area contributed by atoms with E-state index in [9.17, 15) is 4.39 Å². The first kappa shape index (κ1) is 13.0. The van der Waals surface area contributed by atoms with Gasteiger partial charge in [0.05, 0.1) is 19.3 Å². The Balaban J connectivity index is 1.83. The molecule has 104 valence electrons. The summed E-state index contributed by atoms with van der Waals surface area (Å²) in [5.41, 5.74) is 0. The van der Waals surface area contributed by atoms with Crippen LogP contribution in [0, 0.1) is 12.7 Å². The second-order valence-corrected chi connectivity index (χ2v) is 5.27. The minimum Gasteiger partial charge on any atom is -0.378 e. The highest BCUT2D eigenvalue weighted by Crippen LogP contribution is 2.25. The normalized spacial score (nSPS) is 24.4. The van der Waals surface area contributed by atoms with Gasteiger partial charge in [-0.1, -0.05) is 11.6 Å². The Morgan fingerprint density at radius 2 is 2.16 bits per heavy atom. The predicted molar refractivity (Wildman–Crippen MR) is 70.1 cm³/mol. The van der Waals surface area contributed by atoms with Crippen LogP contribution in [0.4, 0.5) is 10.2 Å². The van der Waals surface area contributed by atoms with Gasteiger partial charge in [0.25, 0.3) is 0 Å². The second-order valence-electron chi connectivity index (χ2n) is 4.91. The predicted octanol–water partition coefficient (Wildman–Crippen LogP) is 1.10. The van der Waals surface area contributed by atoms with Crippen molar-refractivity contribution in [2.45, 2.75) is 13.0 Å². The lowest BCUT2D eigenvalue weighted by atomic mass is 10.1. The molecule has 5 nitrogen and oxygen atoms in total. The summed E-state index contributed by atoms with van der Waals surface area (Å²) >= 11 is 5.79. The number of aryl methyl sites for hydroxylation is 1. The molecule has 0 bridgehead atoms. The van der Waals surface area contributed by atoms with Crippen molar-refractivity contribution in [3.8, 4) is 0 Å². The number of nitrogens with zero attached hydrogens (tertiary/aromatic N) is 4. The molecule has 7 heteroatoms. The highest BCUT2D eigenvalue weighted by Gasteiger charge is 2.31. The largest absolute Gasteiger partial charge is 0.378 e. The quantitative estimate of drug-likeness (QED) is 0.723. The zero-order valence-corrected chi connectivity index (χ0v) is 11.5. The first-order chi connectivity index (χ1) is 9.15. The van der Waals surface area contributed by atoms with E-state index in [0.717, 1.165) is 26.2 Å². The summed E-state index contributed by atoms with van der Waals surface area (Å²) in [7, 11) is 0. The Bertz CT molecular complexity index is 487. The molecule has 1 atom stereocenters. The van der Waals surface area contributed by atoms with Crippen molar-refractivity contribution in [2.75, 3.05) is 44.3 Å². The Hall–Kier alpha value is -0.980. The van der Waals surface area contributed by atoms with Gasteiger partial charge in [-0.25, -0.2) is 9.97 Å². The van der Waals surface area contributed by atoms with Crippen LogP contribution in [-0.4, -0.2) is 60.3 Å². The van der Waals surface area contributed by atoms with Crippen LogP contribution < -0.4 is 4.90 Å². The summed E-state index contributed by atoms with van der Waals surface area (Å²) in [6.45, 7) is 6.50. The van der Waals surface area contributed by atoms with E-state index < -0.39 is 5.82 Å². The molecule has 3 heterocycles. The molecule has 0 unspecified atom stereocenters. The van der Waals surface area contributed by atoms with E-state index >= 15 is 0 Å². The summed E-state index contributed by atoms with van der Waals surface area (Å²) in [5.74, 6) is 0.267. The molecular formula is C12H16ClFN4O. The molecule has 2 aliphatic heterocycles. The van der Waals surface area contributed by atoms with Crippen molar-refractivity contribution >= 4 is 17.4 Å². The van der Waals surface area contributed by atoms with Crippen molar-refractivity contribution in [1.29, 1.82) is 0 Å². The molecule has 3 rings (SSSR count). The van der Waals surface area contributed by atoms with Gasteiger partial charge in [0, 0.05) is 26.2 Å². The molecule has 0 spiro atoms. The number of halogens is 2. The van der Waals surface area contributed by atoms with Gasteiger partial charge in [0.15, 0.2) is 11.0 Å². The number of anilines is 1. The van der Waals surface area contributed by atoms with Crippen LogP contribution in [0.3, 0.4) is 0 Å². The van der Waals surface area contributed by atoms with E-state index in [1.165, 1.54) is 0 Å². The molecular weight excluding hydrogens is 271 g/mol. The van der Waals surface area contributed by atoms with Gasteiger partial charge in [0.1, 0.15) is 5.82 Å². The van der Waals surface area contributed by atoms with Crippen LogP contribution in [-0.2, 0) is 4.74 Å². The highest BCUT2D eigenvalue weighted by atomic mass is 35.5. The molecule has 19 heavy (non-hydrogen) atoms. The molecule has 1 aromatic rings. The first-order valence-electron chi connectivity index (χ1n) is 6.41. The van der Waals surface area contributed by atoms with Gasteiger partial charge in [-0.3, -0.25) is 4.90 Å². The van der Waals surface area contributed by atoms with Crippen LogP contribution in [0.5, 0.6) is 0 Å². The maximum atomic E-state index is 14.0. The fourth-order valence-electron chi connectivity index (χ4n) is 2.66. The van der Waals surface area contributed by atoms with Crippen molar-refractivity contribution in [3.63, 3.8) is 0 Å². The Morgan fingerprint density at radius 1 is 1.32 bits per heavy atom. The first-order valence-corrected chi connectivity index (χ1v) is 6.79. The van der Waals surface area contributed by atoms with Crippen LogP contribution >= 0.6 is 11.6 Å². The van der Waals surface area contributed by atoms with Crippen LogP contribution in [0.15, 0.2) is 0 Å². The van der Waals surface area contributed by atoms with Gasteiger partial charge in [-0.05, 0) is 6.92 Å². The number of ether oxygens (including phenoxy) is 1. The second kappa shape index (κ2) is 5.19. The Labute approximate surface area is 116 Å². The van der Waals surface area contributed by atoms with Gasteiger partial charge in [-0.15, -0.1) is 0 Å². The lowest BCUT2D eigenvalue weighted by Gasteiger charge is -2.44. The third kappa shape index (κ3) is 2.52. The summed E-state index contributed by atoms with van der Waals surface area (Å²) in [6.07, 6.45) is 0. The van der Waals surface area contributed by atoms with Crippen molar-refractivity contribution in [3.05, 3.63) is 16.8 Å². The molecule has 0 radical (unpaired) electrons. The number of hydrogen-bond donors (Lipinski definition) is 0. The van der Waals surface area contributed by atoms with E-state index in [4.69, 9.17) is 16.3 Å². The number of aromatic nitrogens is 2. The van der Waals surface area contributed by atoms with E-state index in [1.54, 1.807) is 6.92 Å². The minimum atomic E-state index is -0.530. The third-order valence-corrected chi connectivity index (χ3v) is 3.89. The van der Waals surface area contributed by atoms with Crippen LogP contribution in [0.2, 0.25) is 5.15 Å². The molecule has 2 fully saturated rings. The minimum absolute atomic E-state index is 0.107. The standard InChI is InChI=1S/C12H16ClFN4O/c1-8-15-11(13)10(14)12(16-8)18-3-2-17-4-5-19-7-9(17)6-18/h9H,2-7H2,1H3/t9-/m0/s1. The Morgan fingerprint density at radius 3 is 3.00 bits per heavy atom. The molecule has 0 aliphatic carbocycles. The molecule has 2 saturated heterocycles. The van der Waals surface area contributed by atoms with E-state index in [-0.39, 0.29) is 5.15 Å². The number of rotatable bonds is 1. The summed E-state index contributed by atoms with van der Waals surface area (Å²) < 4.78 is 19.5. The molecule has 0 aromatic carbocycles. The van der Waals surface area contributed by atoms with E-state index in [0.29, 0.717) is 30.8 Å². The zero-order chi connectivity index (χ0) is 13.4. The maximum Gasteiger partial charge on any atom is 0.202 e. The van der Waals surface area contributed by atoms with Gasteiger partial charge >= 0.3 is 0 Å². The fraction of sp³-hybridized carbons (Fsp3) is 0.667. The smallest absolute Gasteiger partial charge is 0.202 e. The summed E-state index contributed by atoms with van der Waals surface area (Å²) in [4.78, 5) is 12.3. The maximum absolute atomic E-state index is 14.0. The summed E-state index contributed by atoms with van der Waals surface area (Å²) in [6, 6.07) is 0.302. The van der Waals surface area contributed by atoms with Crippen molar-refractivity contribution in [1.82, 2.24) is 14.9 Å². The molecule has 2 aliphatic rings. The number of fused-ring (bicyclic) bond motifs is 1. The van der Waals surface area contributed by atoms with Crippen LogP contribution in [0.25, 0.3) is 0 Å². The molecule has 1 aromatic heterocycles. The summed E-state index contributed by atoms with van der Waals surface area (Å²) in [5, 5.41) is -0.107.